The van der Waals surface area contributed by atoms with Gasteiger partial charge in [-0.05, 0) is 70.4 Å². The van der Waals surface area contributed by atoms with Gasteiger partial charge in [0, 0.05) is 68.2 Å². The summed E-state index contributed by atoms with van der Waals surface area (Å²) in [6.45, 7) is 6.93. The van der Waals surface area contributed by atoms with Crippen LogP contribution in [0.5, 0.6) is 11.5 Å². The van der Waals surface area contributed by atoms with E-state index in [1.165, 1.54) is 12.1 Å². The van der Waals surface area contributed by atoms with Crippen LogP contribution in [0.4, 0.5) is 10.2 Å². The Hall–Kier alpha value is -2.95. The van der Waals surface area contributed by atoms with E-state index in [4.69, 9.17) is 23.9 Å². The zero-order valence-electron chi connectivity index (χ0n) is 25.2. The number of aromatic nitrogens is 1. The van der Waals surface area contributed by atoms with Crippen LogP contribution in [-0.4, -0.2) is 79.7 Å². The van der Waals surface area contributed by atoms with Gasteiger partial charge in [0.1, 0.15) is 29.2 Å². The van der Waals surface area contributed by atoms with Crippen molar-refractivity contribution in [2.24, 2.45) is 5.92 Å². The van der Waals surface area contributed by atoms with Crippen molar-refractivity contribution >= 4 is 11.8 Å². The lowest BCUT2D eigenvalue weighted by Crippen LogP contribution is -2.41. The van der Waals surface area contributed by atoms with Crippen molar-refractivity contribution in [1.29, 1.82) is 0 Å². The Kier molecular flexibility index (Phi) is 9.54. The van der Waals surface area contributed by atoms with E-state index < -0.39 is 23.4 Å². The Labute approximate surface area is 247 Å². The largest absolute Gasteiger partial charge is 0.496 e. The number of pyridine rings is 1. The highest BCUT2D eigenvalue weighted by Crippen LogP contribution is 2.40. The predicted molar refractivity (Wildman–Crippen MR) is 157 cm³/mol. The summed E-state index contributed by atoms with van der Waals surface area (Å²) in [5.74, 6) is 0.786. The fraction of sp³-hybridized carbons (Fsp3) is 0.625. The van der Waals surface area contributed by atoms with E-state index in [1.54, 1.807) is 14.2 Å². The van der Waals surface area contributed by atoms with E-state index in [1.807, 2.05) is 24.8 Å². The molecule has 0 amide bonds. The molecule has 0 radical (unpaired) electrons. The third kappa shape index (κ3) is 6.66. The van der Waals surface area contributed by atoms with Crippen LogP contribution in [0.2, 0.25) is 0 Å². The van der Waals surface area contributed by atoms with Gasteiger partial charge < -0.3 is 29.4 Å². The van der Waals surface area contributed by atoms with Crippen molar-refractivity contribution in [1.82, 2.24) is 9.88 Å². The van der Waals surface area contributed by atoms with Gasteiger partial charge in [-0.2, -0.15) is 0 Å². The Morgan fingerprint density at radius 2 is 2.10 bits per heavy atom. The summed E-state index contributed by atoms with van der Waals surface area (Å²) in [4.78, 5) is 19.3. The van der Waals surface area contributed by atoms with E-state index in [0.29, 0.717) is 44.0 Å². The Morgan fingerprint density at radius 1 is 1.26 bits per heavy atom. The number of hydrogen-bond acceptors (Lipinski definition) is 8. The van der Waals surface area contributed by atoms with Crippen molar-refractivity contribution in [3.05, 3.63) is 46.4 Å². The van der Waals surface area contributed by atoms with Crippen molar-refractivity contribution < 1.29 is 33.2 Å². The molecule has 5 rings (SSSR count). The summed E-state index contributed by atoms with van der Waals surface area (Å²) >= 11 is 0. The molecule has 2 aromatic rings. The molecule has 1 fully saturated rings. The number of rotatable bonds is 12. The predicted octanol–water partition coefficient (Wildman–Crippen LogP) is 4.80. The number of carbonyl (C=O) groups is 1. The van der Waals surface area contributed by atoms with Crippen LogP contribution in [0.1, 0.15) is 68.0 Å². The van der Waals surface area contributed by atoms with E-state index in [9.17, 15) is 14.3 Å². The van der Waals surface area contributed by atoms with Gasteiger partial charge in [-0.15, -0.1) is 0 Å². The molecule has 0 aliphatic carbocycles. The van der Waals surface area contributed by atoms with Crippen LogP contribution in [0.25, 0.3) is 0 Å². The molecular formula is C32H44FN3O6. The number of fused-ring (bicyclic) bond motifs is 2. The number of aliphatic carboxylic acids is 1. The Balaban J connectivity index is 1.17. The molecular weight excluding hydrogens is 541 g/mol. The van der Waals surface area contributed by atoms with Crippen molar-refractivity contribution in [3.8, 4) is 11.5 Å². The molecule has 230 valence electrons. The van der Waals surface area contributed by atoms with Crippen molar-refractivity contribution in [2.75, 3.05) is 52.4 Å². The van der Waals surface area contributed by atoms with Gasteiger partial charge in [-0.25, -0.2) is 9.37 Å². The molecule has 42 heavy (non-hydrogen) atoms. The molecule has 0 bridgehead atoms. The second-order valence-corrected chi connectivity index (χ2v) is 12.1. The lowest BCUT2D eigenvalue weighted by molar-refractivity contribution is -0.143. The molecule has 1 aromatic carbocycles. The van der Waals surface area contributed by atoms with Crippen molar-refractivity contribution in [2.45, 2.75) is 76.5 Å². The molecule has 4 heterocycles. The van der Waals surface area contributed by atoms with Gasteiger partial charge in [-0.3, -0.25) is 9.69 Å². The highest BCUT2D eigenvalue weighted by molar-refractivity contribution is 5.77. The quantitative estimate of drug-likeness (QED) is 0.340. The van der Waals surface area contributed by atoms with Crippen LogP contribution in [0.3, 0.4) is 0 Å². The molecule has 3 aliphatic rings. The molecule has 1 saturated heterocycles. The van der Waals surface area contributed by atoms with E-state index in [-0.39, 0.29) is 12.0 Å². The lowest BCUT2D eigenvalue weighted by Gasteiger charge is -2.38. The van der Waals surface area contributed by atoms with Crippen LogP contribution in [-0.2, 0) is 33.5 Å². The summed E-state index contributed by atoms with van der Waals surface area (Å²) in [7, 11) is 3.36. The number of halogens is 1. The second-order valence-electron chi connectivity index (χ2n) is 12.1. The molecule has 3 atom stereocenters. The zero-order chi connectivity index (χ0) is 29.9. The number of anilines is 1. The Bertz CT molecular complexity index is 1250. The molecule has 0 spiro atoms. The number of aryl methyl sites for hydroxylation is 1. The first kappa shape index (κ1) is 30.5. The van der Waals surface area contributed by atoms with Gasteiger partial charge in [0.25, 0.3) is 0 Å². The number of nitrogens with zero attached hydrogens (tertiary/aromatic N) is 2. The summed E-state index contributed by atoms with van der Waals surface area (Å²) in [6, 6.07) is 3.78. The maximum atomic E-state index is 14.7. The van der Waals surface area contributed by atoms with Crippen LogP contribution in [0.15, 0.2) is 18.2 Å². The fourth-order valence-electron chi connectivity index (χ4n) is 6.37. The van der Waals surface area contributed by atoms with Crippen LogP contribution < -0.4 is 14.8 Å². The molecule has 3 aliphatic heterocycles. The smallest absolute Gasteiger partial charge is 0.325 e. The first-order valence-electron chi connectivity index (χ1n) is 15.1. The lowest BCUT2D eigenvalue weighted by atomic mass is 9.81. The number of benzene rings is 1. The number of carboxylic acids is 1. The number of nitrogens with one attached hydrogen (secondary N) is 1. The standard InChI is InChI=1S/C32H44FN3O6/c1-32(2,40-4)20-14-25-26(15-21(33)16-28(25)42-19-20)29(31(37)38)36-12-10-23(18-36)41-13-6-5-8-22-17-27(39-3)24-9-7-11-34-30(24)35-22/h15-17,20,23,29H,5-14,18-19H2,1-4H3,(H,34,35)(H,37,38). The van der Waals surface area contributed by atoms with Gasteiger partial charge >= 0.3 is 5.97 Å². The number of hydrogen-bond donors (Lipinski definition) is 2. The minimum absolute atomic E-state index is 0.0113. The minimum Gasteiger partial charge on any atom is -0.496 e. The molecule has 3 unspecified atom stereocenters. The third-order valence-corrected chi connectivity index (χ3v) is 9.11. The average Bonchev–Trinajstić information content (AvgIpc) is 3.44. The highest BCUT2D eigenvalue weighted by Gasteiger charge is 2.40. The van der Waals surface area contributed by atoms with Gasteiger partial charge in [-0.1, -0.05) is 0 Å². The minimum atomic E-state index is -1.00. The summed E-state index contributed by atoms with van der Waals surface area (Å²) in [6.07, 6.45) is 5.92. The van der Waals surface area contributed by atoms with Crippen molar-refractivity contribution in [3.63, 3.8) is 0 Å². The van der Waals surface area contributed by atoms with E-state index >= 15 is 0 Å². The maximum Gasteiger partial charge on any atom is 0.325 e. The SMILES string of the molecule is COc1cc(CCCCOC2CCN(C(C(=O)O)c3cc(F)cc4c3CC(C(C)(C)OC)CO4)C2)nc2c1CCCN2. The number of methoxy groups -OCH3 is 2. The van der Waals surface area contributed by atoms with E-state index in [2.05, 4.69) is 5.32 Å². The molecule has 10 heteroatoms. The molecule has 2 N–H and O–H groups in total. The average molecular weight is 586 g/mol. The molecule has 9 nitrogen and oxygen atoms in total. The second kappa shape index (κ2) is 13.1. The van der Waals surface area contributed by atoms with Gasteiger partial charge in [0.05, 0.1) is 25.4 Å². The molecule has 1 aromatic heterocycles. The summed E-state index contributed by atoms with van der Waals surface area (Å²) in [5, 5.41) is 13.7. The zero-order valence-corrected chi connectivity index (χ0v) is 25.2. The van der Waals surface area contributed by atoms with Gasteiger partial charge in [0.2, 0.25) is 0 Å². The number of ether oxygens (including phenoxy) is 4. The highest BCUT2D eigenvalue weighted by atomic mass is 19.1. The van der Waals surface area contributed by atoms with E-state index in [0.717, 1.165) is 73.5 Å². The van der Waals surface area contributed by atoms with Crippen LogP contribution in [0, 0.1) is 11.7 Å². The summed E-state index contributed by atoms with van der Waals surface area (Å²) in [5.41, 5.74) is 2.91. The third-order valence-electron chi connectivity index (χ3n) is 9.11. The molecule has 0 saturated carbocycles. The summed E-state index contributed by atoms with van der Waals surface area (Å²) < 4.78 is 38.1. The first-order chi connectivity index (χ1) is 20.2. The maximum absolute atomic E-state index is 14.7. The number of likely N-dealkylation sites (tertiary alicyclic amines) is 1. The fourth-order valence-corrected chi connectivity index (χ4v) is 6.37. The van der Waals surface area contributed by atoms with Gasteiger partial charge in [0.15, 0.2) is 0 Å². The monoisotopic (exact) mass is 585 g/mol. The number of carboxylic acid groups (broad SMARTS) is 1. The number of unbranched alkanes of at least 4 members (excludes halogenated alkanes) is 1. The first-order valence-corrected chi connectivity index (χ1v) is 15.1. The normalized spacial score (nSPS) is 21.2. The van der Waals surface area contributed by atoms with Crippen LogP contribution >= 0.6 is 0 Å². The topological polar surface area (TPSA) is 102 Å². The Morgan fingerprint density at radius 3 is 2.86 bits per heavy atom.